The molecule has 1 saturated heterocycles. The van der Waals surface area contributed by atoms with Gasteiger partial charge < -0.3 is 10.2 Å². The third-order valence-electron chi connectivity index (χ3n) is 3.41. The van der Waals surface area contributed by atoms with Crippen molar-refractivity contribution in [3.05, 3.63) is 0 Å². The van der Waals surface area contributed by atoms with E-state index in [4.69, 9.17) is 0 Å². The van der Waals surface area contributed by atoms with Crippen LogP contribution in [0.2, 0.25) is 0 Å². The average Bonchev–Trinajstić information content (AvgIpc) is 2.90. The molecule has 0 aromatic heterocycles. The van der Waals surface area contributed by atoms with Gasteiger partial charge in [-0.3, -0.25) is 9.59 Å². The zero-order valence-corrected chi connectivity index (χ0v) is 8.67. The van der Waals surface area contributed by atoms with Crippen molar-refractivity contribution in [3.63, 3.8) is 0 Å². The van der Waals surface area contributed by atoms with Gasteiger partial charge in [-0.1, -0.05) is 13.8 Å². The van der Waals surface area contributed by atoms with Crippen molar-refractivity contribution >= 4 is 11.8 Å². The largest absolute Gasteiger partial charge is 0.345 e. The van der Waals surface area contributed by atoms with Gasteiger partial charge >= 0.3 is 0 Å². The molecule has 78 valence electrons. The van der Waals surface area contributed by atoms with Crippen LogP contribution in [0.3, 0.4) is 0 Å². The van der Waals surface area contributed by atoms with E-state index < -0.39 is 0 Å². The Morgan fingerprint density at radius 2 is 2.00 bits per heavy atom. The minimum atomic E-state index is -0.0310. The van der Waals surface area contributed by atoms with Crippen LogP contribution in [0.4, 0.5) is 0 Å². The molecule has 1 aliphatic carbocycles. The van der Waals surface area contributed by atoms with Crippen molar-refractivity contribution in [1.29, 1.82) is 0 Å². The van der Waals surface area contributed by atoms with Crippen LogP contribution in [-0.4, -0.2) is 35.3 Å². The van der Waals surface area contributed by atoms with Crippen LogP contribution in [0.5, 0.6) is 0 Å². The summed E-state index contributed by atoms with van der Waals surface area (Å²) in [7, 11) is 0. The standard InChI is InChI=1S/C10H16N2O2/c1-7(2)10(3-4-10)12-6-8(13)11-5-9(12)14/h7H,3-6H2,1-2H3,(H,11,13). The lowest BCUT2D eigenvalue weighted by molar-refractivity contribution is -0.144. The highest BCUT2D eigenvalue weighted by atomic mass is 16.2. The molecule has 0 unspecified atom stereocenters. The predicted molar refractivity (Wildman–Crippen MR) is 51.5 cm³/mol. The first-order valence-corrected chi connectivity index (χ1v) is 5.13. The molecule has 2 fully saturated rings. The highest BCUT2D eigenvalue weighted by Crippen LogP contribution is 2.47. The lowest BCUT2D eigenvalue weighted by Crippen LogP contribution is -2.57. The first kappa shape index (κ1) is 9.49. The number of hydrogen-bond donors (Lipinski definition) is 1. The number of rotatable bonds is 2. The zero-order valence-electron chi connectivity index (χ0n) is 8.67. The first-order chi connectivity index (χ1) is 6.56. The number of amides is 2. The molecular weight excluding hydrogens is 180 g/mol. The average molecular weight is 196 g/mol. The summed E-state index contributed by atoms with van der Waals surface area (Å²) in [5.74, 6) is 0.477. The molecule has 0 radical (unpaired) electrons. The van der Waals surface area contributed by atoms with Gasteiger partial charge in [-0.25, -0.2) is 0 Å². The third kappa shape index (κ3) is 1.29. The molecule has 2 amide bonds. The number of piperazine rings is 1. The Balaban J connectivity index is 2.16. The highest BCUT2D eigenvalue weighted by Gasteiger charge is 2.53. The monoisotopic (exact) mass is 196 g/mol. The molecule has 0 bridgehead atoms. The first-order valence-electron chi connectivity index (χ1n) is 5.13. The summed E-state index contributed by atoms with van der Waals surface area (Å²) in [6.07, 6.45) is 2.09. The maximum atomic E-state index is 11.6. The van der Waals surface area contributed by atoms with Crippen LogP contribution in [0.15, 0.2) is 0 Å². The minimum absolute atomic E-state index is 0.00512. The Bertz CT molecular complexity index is 282. The van der Waals surface area contributed by atoms with E-state index in [0.29, 0.717) is 5.92 Å². The van der Waals surface area contributed by atoms with E-state index in [2.05, 4.69) is 19.2 Å². The molecule has 0 aromatic rings. The fraction of sp³-hybridized carbons (Fsp3) is 0.800. The van der Waals surface area contributed by atoms with Gasteiger partial charge in [0.25, 0.3) is 0 Å². The van der Waals surface area contributed by atoms with Gasteiger partial charge in [0, 0.05) is 5.54 Å². The highest BCUT2D eigenvalue weighted by molar-refractivity contribution is 5.93. The molecule has 1 aliphatic heterocycles. The van der Waals surface area contributed by atoms with Crippen molar-refractivity contribution in [2.45, 2.75) is 32.2 Å². The van der Waals surface area contributed by atoms with Crippen molar-refractivity contribution < 1.29 is 9.59 Å². The Kier molecular flexibility index (Phi) is 2.01. The smallest absolute Gasteiger partial charge is 0.242 e. The fourth-order valence-electron chi connectivity index (χ4n) is 2.25. The van der Waals surface area contributed by atoms with Crippen LogP contribution in [0.25, 0.3) is 0 Å². The molecule has 4 nitrogen and oxygen atoms in total. The van der Waals surface area contributed by atoms with Crippen molar-refractivity contribution in [2.75, 3.05) is 13.1 Å². The summed E-state index contributed by atoms with van der Waals surface area (Å²) in [4.78, 5) is 24.6. The zero-order chi connectivity index (χ0) is 10.3. The Hall–Kier alpha value is -1.06. The number of nitrogens with zero attached hydrogens (tertiary/aromatic N) is 1. The van der Waals surface area contributed by atoms with E-state index in [1.807, 2.05) is 0 Å². The second kappa shape index (κ2) is 2.97. The molecular formula is C10H16N2O2. The summed E-state index contributed by atoms with van der Waals surface area (Å²) in [6, 6.07) is 0. The van der Waals surface area contributed by atoms with Gasteiger partial charge in [0.15, 0.2) is 0 Å². The van der Waals surface area contributed by atoms with Gasteiger partial charge in [0.2, 0.25) is 11.8 Å². The molecule has 4 heteroatoms. The Morgan fingerprint density at radius 1 is 1.36 bits per heavy atom. The molecule has 0 aromatic carbocycles. The third-order valence-corrected chi connectivity index (χ3v) is 3.41. The van der Waals surface area contributed by atoms with Gasteiger partial charge in [-0.15, -0.1) is 0 Å². The number of carbonyl (C=O) groups is 2. The molecule has 2 rings (SSSR count). The van der Waals surface area contributed by atoms with E-state index in [-0.39, 0.29) is 30.4 Å². The SMILES string of the molecule is CC(C)C1(N2CC(=O)NCC2=O)CC1. The maximum absolute atomic E-state index is 11.6. The molecule has 1 N–H and O–H groups in total. The van der Waals surface area contributed by atoms with Crippen LogP contribution >= 0.6 is 0 Å². The van der Waals surface area contributed by atoms with E-state index in [0.717, 1.165) is 12.8 Å². The number of nitrogens with one attached hydrogen (secondary N) is 1. The molecule has 0 atom stereocenters. The second-order valence-electron chi connectivity index (χ2n) is 4.51. The second-order valence-corrected chi connectivity index (χ2v) is 4.51. The van der Waals surface area contributed by atoms with Crippen LogP contribution in [0, 0.1) is 5.92 Å². The summed E-state index contributed by atoms with van der Waals surface area (Å²) >= 11 is 0. The van der Waals surface area contributed by atoms with Crippen molar-refractivity contribution in [3.8, 4) is 0 Å². The topological polar surface area (TPSA) is 49.4 Å². The Labute approximate surface area is 83.6 Å². The summed E-state index contributed by atoms with van der Waals surface area (Å²) in [5.41, 5.74) is -0.00512. The minimum Gasteiger partial charge on any atom is -0.345 e. The van der Waals surface area contributed by atoms with Crippen LogP contribution < -0.4 is 5.32 Å². The lowest BCUT2D eigenvalue weighted by atomic mass is 9.99. The van der Waals surface area contributed by atoms with Crippen LogP contribution in [0.1, 0.15) is 26.7 Å². The molecule has 1 heterocycles. The molecule has 2 aliphatic rings. The summed E-state index contributed by atoms with van der Waals surface area (Å²) in [6.45, 7) is 4.66. The summed E-state index contributed by atoms with van der Waals surface area (Å²) in [5, 5.41) is 2.57. The Morgan fingerprint density at radius 3 is 2.50 bits per heavy atom. The quantitative estimate of drug-likeness (QED) is 0.682. The van der Waals surface area contributed by atoms with E-state index in [9.17, 15) is 9.59 Å². The molecule has 1 saturated carbocycles. The van der Waals surface area contributed by atoms with Crippen molar-refractivity contribution in [2.24, 2.45) is 5.92 Å². The molecule has 0 spiro atoms. The van der Waals surface area contributed by atoms with Gasteiger partial charge in [-0.05, 0) is 18.8 Å². The van der Waals surface area contributed by atoms with E-state index >= 15 is 0 Å². The maximum Gasteiger partial charge on any atom is 0.242 e. The summed E-state index contributed by atoms with van der Waals surface area (Å²) < 4.78 is 0. The lowest BCUT2D eigenvalue weighted by Gasteiger charge is -2.37. The van der Waals surface area contributed by atoms with Crippen molar-refractivity contribution in [1.82, 2.24) is 10.2 Å². The fourth-order valence-corrected chi connectivity index (χ4v) is 2.25. The van der Waals surface area contributed by atoms with Gasteiger partial charge in [0.1, 0.15) is 6.54 Å². The predicted octanol–water partition coefficient (Wildman–Crippen LogP) is 0.133. The van der Waals surface area contributed by atoms with Crippen LogP contribution in [-0.2, 0) is 9.59 Å². The van der Waals surface area contributed by atoms with Gasteiger partial charge in [0.05, 0.1) is 6.54 Å². The number of hydrogen-bond acceptors (Lipinski definition) is 2. The normalized spacial score (nSPS) is 25.2. The van der Waals surface area contributed by atoms with E-state index in [1.165, 1.54) is 0 Å². The van der Waals surface area contributed by atoms with E-state index in [1.54, 1.807) is 4.90 Å². The van der Waals surface area contributed by atoms with Gasteiger partial charge in [-0.2, -0.15) is 0 Å². The molecule has 14 heavy (non-hydrogen) atoms. The number of carbonyl (C=O) groups excluding carboxylic acids is 2.